The van der Waals surface area contributed by atoms with Gasteiger partial charge in [0.2, 0.25) is 0 Å². The number of benzene rings is 1. The molecule has 0 unspecified atom stereocenters. The zero-order valence-electron chi connectivity index (χ0n) is 16.7. The van der Waals surface area contributed by atoms with E-state index in [1.807, 2.05) is 32.0 Å². The molecule has 0 fully saturated rings. The third-order valence-electron chi connectivity index (χ3n) is 4.20. The van der Waals surface area contributed by atoms with Crippen LogP contribution in [-0.2, 0) is 17.9 Å². The lowest BCUT2D eigenvalue weighted by Gasteiger charge is -2.22. The van der Waals surface area contributed by atoms with Crippen molar-refractivity contribution in [3.8, 4) is 17.6 Å². The molecule has 3 aromatic rings. The van der Waals surface area contributed by atoms with E-state index >= 15 is 0 Å². The number of nitriles is 1. The predicted octanol–water partition coefficient (Wildman–Crippen LogP) is 5.29. The highest BCUT2D eigenvalue weighted by Gasteiger charge is 2.20. The number of ether oxygens (including phenoxy) is 2. The standard InChI is InChI=1S/C22H21BrN2O4S/c1-3-27-20-10-16(11-24)9-19(23)22(20)29-14-21(26)25(12-17-5-4-8-28-17)13-18-7-6-15(2)30-18/h4-10H,3,12-14H2,1-2H3. The van der Waals surface area contributed by atoms with Gasteiger partial charge in [0.1, 0.15) is 5.76 Å². The third kappa shape index (κ3) is 5.65. The lowest BCUT2D eigenvalue weighted by Crippen LogP contribution is -2.33. The molecule has 1 aromatic carbocycles. The molecule has 6 nitrogen and oxygen atoms in total. The summed E-state index contributed by atoms with van der Waals surface area (Å²) in [6.45, 7) is 4.93. The van der Waals surface area contributed by atoms with Crippen LogP contribution in [0.15, 0.2) is 51.6 Å². The third-order valence-corrected chi connectivity index (χ3v) is 5.78. The Morgan fingerprint density at radius 3 is 2.73 bits per heavy atom. The van der Waals surface area contributed by atoms with E-state index < -0.39 is 0 Å². The van der Waals surface area contributed by atoms with Gasteiger partial charge in [-0.25, -0.2) is 0 Å². The van der Waals surface area contributed by atoms with Gasteiger partial charge in [-0.05, 0) is 60.1 Å². The molecule has 0 atom stereocenters. The molecule has 0 spiro atoms. The molecule has 2 aromatic heterocycles. The molecule has 0 saturated heterocycles. The Bertz CT molecular complexity index is 1040. The number of hydrogen-bond donors (Lipinski definition) is 0. The quantitative estimate of drug-likeness (QED) is 0.408. The summed E-state index contributed by atoms with van der Waals surface area (Å²) < 4.78 is 17.4. The van der Waals surface area contributed by atoms with Crippen molar-refractivity contribution in [2.45, 2.75) is 26.9 Å². The van der Waals surface area contributed by atoms with Crippen LogP contribution in [-0.4, -0.2) is 24.0 Å². The summed E-state index contributed by atoms with van der Waals surface area (Å²) in [7, 11) is 0. The average molecular weight is 489 g/mol. The van der Waals surface area contributed by atoms with Crippen molar-refractivity contribution in [3.05, 3.63) is 68.2 Å². The number of carbonyl (C=O) groups excluding carboxylic acids is 1. The monoisotopic (exact) mass is 488 g/mol. The summed E-state index contributed by atoms with van der Waals surface area (Å²) in [5.74, 6) is 1.33. The number of halogens is 1. The first-order chi connectivity index (χ1) is 14.5. The molecule has 1 amide bonds. The van der Waals surface area contributed by atoms with E-state index in [1.165, 1.54) is 4.88 Å². The van der Waals surface area contributed by atoms with Gasteiger partial charge in [0.25, 0.3) is 5.91 Å². The van der Waals surface area contributed by atoms with E-state index in [0.717, 1.165) is 4.88 Å². The second kappa shape index (κ2) is 10.3. The Hall–Kier alpha value is -2.76. The van der Waals surface area contributed by atoms with Crippen LogP contribution in [0.1, 0.15) is 28.0 Å². The van der Waals surface area contributed by atoms with E-state index in [4.69, 9.17) is 19.2 Å². The van der Waals surface area contributed by atoms with Crippen molar-refractivity contribution >= 4 is 33.2 Å². The van der Waals surface area contributed by atoms with Crippen molar-refractivity contribution in [1.29, 1.82) is 5.26 Å². The van der Waals surface area contributed by atoms with Crippen molar-refractivity contribution in [3.63, 3.8) is 0 Å². The number of thiophene rings is 1. The van der Waals surface area contributed by atoms with Crippen LogP contribution < -0.4 is 9.47 Å². The minimum Gasteiger partial charge on any atom is -0.490 e. The molecule has 0 aliphatic carbocycles. The Labute approximate surface area is 187 Å². The highest BCUT2D eigenvalue weighted by Crippen LogP contribution is 2.37. The van der Waals surface area contributed by atoms with Gasteiger partial charge in [0.15, 0.2) is 18.1 Å². The van der Waals surface area contributed by atoms with Crippen LogP contribution in [0.4, 0.5) is 0 Å². The molecule has 0 N–H and O–H groups in total. The Morgan fingerprint density at radius 2 is 2.10 bits per heavy atom. The Balaban J connectivity index is 1.76. The molecule has 156 valence electrons. The van der Waals surface area contributed by atoms with Crippen LogP contribution in [0.3, 0.4) is 0 Å². The number of amides is 1. The van der Waals surface area contributed by atoms with Crippen LogP contribution in [0, 0.1) is 18.3 Å². The van der Waals surface area contributed by atoms with Crippen molar-refractivity contribution in [2.75, 3.05) is 13.2 Å². The SMILES string of the molecule is CCOc1cc(C#N)cc(Br)c1OCC(=O)N(Cc1ccco1)Cc1ccc(C)s1. The first-order valence-electron chi connectivity index (χ1n) is 9.34. The Kier molecular flexibility index (Phi) is 7.55. The van der Waals surface area contributed by atoms with E-state index in [0.29, 0.717) is 47.0 Å². The summed E-state index contributed by atoms with van der Waals surface area (Å²) in [5, 5.41) is 9.16. The minimum atomic E-state index is -0.184. The van der Waals surface area contributed by atoms with Crippen molar-refractivity contribution in [1.82, 2.24) is 4.90 Å². The number of rotatable bonds is 9. The topological polar surface area (TPSA) is 75.7 Å². The smallest absolute Gasteiger partial charge is 0.261 e. The molecule has 0 aliphatic heterocycles. The van der Waals surface area contributed by atoms with Crippen LogP contribution in [0.5, 0.6) is 11.5 Å². The van der Waals surface area contributed by atoms with Crippen LogP contribution >= 0.6 is 27.3 Å². The van der Waals surface area contributed by atoms with Crippen molar-refractivity contribution in [2.24, 2.45) is 0 Å². The maximum atomic E-state index is 13.0. The van der Waals surface area contributed by atoms with E-state index in [9.17, 15) is 4.79 Å². The van der Waals surface area contributed by atoms with Crippen LogP contribution in [0.25, 0.3) is 0 Å². The highest BCUT2D eigenvalue weighted by atomic mass is 79.9. The van der Waals surface area contributed by atoms with E-state index in [1.54, 1.807) is 40.7 Å². The fourth-order valence-electron chi connectivity index (χ4n) is 2.84. The normalized spacial score (nSPS) is 10.5. The van der Waals surface area contributed by atoms with Crippen LogP contribution in [0.2, 0.25) is 0 Å². The zero-order chi connectivity index (χ0) is 21.5. The number of nitrogens with zero attached hydrogens (tertiary/aromatic N) is 2. The highest BCUT2D eigenvalue weighted by molar-refractivity contribution is 9.10. The van der Waals surface area contributed by atoms with Gasteiger partial charge < -0.3 is 18.8 Å². The van der Waals surface area contributed by atoms with Gasteiger partial charge in [-0.15, -0.1) is 11.3 Å². The first-order valence-corrected chi connectivity index (χ1v) is 11.0. The molecule has 30 heavy (non-hydrogen) atoms. The molecule has 3 rings (SSSR count). The number of aryl methyl sites for hydroxylation is 1. The fourth-order valence-corrected chi connectivity index (χ4v) is 4.30. The summed E-state index contributed by atoms with van der Waals surface area (Å²) in [5.41, 5.74) is 0.441. The molecule has 2 heterocycles. The fraction of sp³-hybridized carbons (Fsp3) is 0.273. The second-order valence-corrected chi connectivity index (χ2v) is 8.69. The summed E-state index contributed by atoms with van der Waals surface area (Å²) in [6.07, 6.45) is 1.59. The molecule has 0 bridgehead atoms. The summed E-state index contributed by atoms with van der Waals surface area (Å²) in [4.78, 5) is 17.0. The maximum absolute atomic E-state index is 13.0. The lowest BCUT2D eigenvalue weighted by atomic mass is 10.2. The van der Waals surface area contributed by atoms with Gasteiger partial charge in [-0.1, -0.05) is 0 Å². The molecule has 0 radical (unpaired) electrons. The molecule has 8 heteroatoms. The first kappa shape index (κ1) is 21.9. The number of carbonyl (C=O) groups is 1. The maximum Gasteiger partial charge on any atom is 0.261 e. The molecular formula is C22H21BrN2O4S. The lowest BCUT2D eigenvalue weighted by molar-refractivity contribution is -0.134. The molecule has 0 saturated carbocycles. The average Bonchev–Trinajstić information content (AvgIpc) is 3.38. The van der Waals surface area contributed by atoms with E-state index in [-0.39, 0.29) is 12.5 Å². The summed E-state index contributed by atoms with van der Waals surface area (Å²) >= 11 is 5.06. The minimum absolute atomic E-state index is 0.171. The van der Waals surface area contributed by atoms with Gasteiger partial charge in [0, 0.05) is 15.8 Å². The molecule has 0 aliphatic rings. The largest absolute Gasteiger partial charge is 0.490 e. The molecular weight excluding hydrogens is 468 g/mol. The van der Waals surface area contributed by atoms with Crippen molar-refractivity contribution < 1.29 is 18.7 Å². The van der Waals surface area contributed by atoms with E-state index in [2.05, 4.69) is 22.0 Å². The second-order valence-electron chi connectivity index (χ2n) is 6.46. The van der Waals surface area contributed by atoms with Gasteiger partial charge >= 0.3 is 0 Å². The van der Waals surface area contributed by atoms with Gasteiger partial charge in [-0.3, -0.25) is 4.79 Å². The summed E-state index contributed by atoms with van der Waals surface area (Å²) in [6, 6.07) is 13.0. The predicted molar refractivity (Wildman–Crippen MR) is 118 cm³/mol. The van der Waals surface area contributed by atoms with Gasteiger partial charge in [0.05, 0.1) is 42.1 Å². The zero-order valence-corrected chi connectivity index (χ0v) is 19.1. The number of furan rings is 1. The number of hydrogen-bond acceptors (Lipinski definition) is 6. The van der Waals surface area contributed by atoms with Gasteiger partial charge in [-0.2, -0.15) is 5.26 Å². The Morgan fingerprint density at radius 1 is 1.27 bits per heavy atom.